The van der Waals surface area contributed by atoms with E-state index in [1.807, 2.05) is 31.2 Å². The number of hydrogen-bond acceptors (Lipinski definition) is 5. The fourth-order valence-corrected chi connectivity index (χ4v) is 5.72. The molecule has 8 nitrogen and oxygen atoms in total. The van der Waals surface area contributed by atoms with Gasteiger partial charge in [0.25, 0.3) is 0 Å². The number of methoxy groups -OCH3 is 1. The molecule has 2 aromatic carbocycles. The number of aromatic nitrogens is 1. The van der Waals surface area contributed by atoms with Crippen LogP contribution in [0.25, 0.3) is 10.9 Å². The third-order valence-corrected chi connectivity index (χ3v) is 8.02. The van der Waals surface area contributed by atoms with Crippen LogP contribution in [0.1, 0.15) is 62.3 Å². The number of aryl methyl sites for hydroxylation is 1. The number of nitrogens with one attached hydrogen (secondary N) is 3. The van der Waals surface area contributed by atoms with Gasteiger partial charge in [-0.1, -0.05) is 43.2 Å². The summed E-state index contributed by atoms with van der Waals surface area (Å²) in [4.78, 5) is 43.7. The molecule has 2 unspecified atom stereocenters. The summed E-state index contributed by atoms with van der Waals surface area (Å²) in [5.41, 5.74) is 4.08. The number of ketones is 1. The molecule has 2 heterocycles. The zero-order chi connectivity index (χ0) is 29.2. The van der Waals surface area contributed by atoms with E-state index in [0.717, 1.165) is 73.2 Å². The predicted molar refractivity (Wildman–Crippen MR) is 162 cm³/mol. The van der Waals surface area contributed by atoms with Gasteiger partial charge in [-0.3, -0.25) is 14.5 Å². The number of nitrogens with zero attached hydrogens (tertiary/aromatic N) is 1. The summed E-state index contributed by atoms with van der Waals surface area (Å²) < 4.78 is 5.38. The molecule has 0 saturated carbocycles. The molecule has 41 heavy (non-hydrogen) atoms. The lowest BCUT2D eigenvalue weighted by atomic mass is 10.0. The van der Waals surface area contributed by atoms with Crippen molar-refractivity contribution in [1.29, 1.82) is 0 Å². The van der Waals surface area contributed by atoms with Gasteiger partial charge in [-0.15, -0.1) is 0 Å². The van der Waals surface area contributed by atoms with Gasteiger partial charge in [-0.05, 0) is 74.9 Å². The molecule has 1 saturated heterocycles. The number of H-pyrrole nitrogens is 1. The van der Waals surface area contributed by atoms with Crippen molar-refractivity contribution in [3.05, 3.63) is 65.4 Å². The average Bonchev–Trinajstić information content (AvgIpc) is 3.53. The molecular formula is C33H44N4O4. The molecule has 1 aromatic heterocycles. The second kappa shape index (κ2) is 14.8. The van der Waals surface area contributed by atoms with Crippen LogP contribution in [0.2, 0.25) is 0 Å². The van der Waals surface area contributed by atoms with Crippen molar-refractivity contribution in [1.82, 2.24) is 20.5 Å². The molecule has 3 aromatic rings. The zero-order valence-corrected chi connectivity index (χ0v) is 24.6. The van der Waals surface area contributed by atoms with Crippen LogP contribution in [0.15, 0.2) is 48.5 Å². The molecule has 1 aliphatic heterocycles. The number of hydrogen-bond donors (Lipinski definition) is 3. The van der Waals surface area contributed by atoms with E-state index in [0.29, 0.717) is 25.3 Å². The number of rotatable bonds is 15. The zero-order valence-electron chi connectivity index (χ0n) is 24.6. The van der Waals surface area contributed by atoms with Crippen molar-refractivity contribution in [3.8, 4) is 5.75 Å². The molecule has 2 amide bonds. The van der Waals surface area contributed by atoms with E-state index in [9.17, 15) is 14.4 Å². The smallest absolute Gasteiger partial charge is 0.242 e. The molecule has 0 spiro atoms. The van der Waals surface area contributed by atoms with Crippen LogP contribution in [-0.4, -0.2) is 60.3 Å². The van der Waals surface area contributed by atoms with Crippen LogP contribution in [-0.2, 0) is 27.3 Å². The van der Waals surface area contributed by atoms with E-state index < -0.39 is 6.04 Å². The van der Waals surface area contributed by atoms with Crippen molar-refractivity contribution >= 4 is 28.5 Å². The van der Waals surface area contributed by atoms with E-state index in [4.69, 9.17) is 4.74 Å². The Morgan fingerprint density at radius 1 is 1.10 bits per heavy atom. The van der Waals surface area contributed by atoms with Crippen LogP contribution < -0.4 is 15.4 Å². The summed E-state index contributed by atoms with van der Waals surface area (Å²) in [6.45, 7) is 7.03. The van der Waals surface area contributed by atoms with Crippen LogP contribution >= 0.6 is 0 Å². The van der Waals surface area contributed by atoms with Crippen molar-refractivity contribution in [2.45, 2.75) is 71.4 Å². The Morgan fingerprint density at radius 3 is 2.66 bits per heavy atom. The largest absolute Gasteiger partial charge is 0.497 e. The molecule has 3 N–H and O–H groups in total. The van der Waals surface area contributed by atoms with Crippen molar-refractivity contribution in [2.24, 2.45) is 5.92 Å². The number of ether oxygens (including phenoxy) is 1. The lowest BCUT2D eigenvalue weighted by Gasteiger charge is -2.20. The first kappa shape index (κ1) is 30.3. The van der Waals surface area contributed by atoms with Gasteiger partial charge in [-0.25, -0.2) is 0 Å². The standard InChI is InChI=1S/C33H44N4O4/c1-23(38)10-6-4-9-13-31(33(40)34-20-26-16-17-37(22-26)21-25-11-7-5-8-12-25)36-32(39)19-28-24(2)35-30-15-14-27(41-3)18-29(28)30/h5,7-8,11-12,14-15,18,26,31,35H,4,6,9-10,13,16-17,19-22H2,1-3H3,(H,34,40)(H,36,39). The van der Waals surface area contributed by atoms with Crippen molar-refractivity contribution in [2.75, 3.05) is 26.7 Å². The van der Waals surface area contributed by atoms with Gasteiger partial charge in [0.15, 0.2) is 0 Å². The van der Waals surface area contributed by atoms with Gasteiger partial charge < -0.3 is 25.1 Å². The van der Waals surface area contributed by atoms with Crippen LogP contribution in [0.4, 0.5) is 0 Å². The maximum Gasteiger partial charge on any atom is 0.242 e. The summed E-state index contributed by atoms with van der Waals surface area (Å²) in [6, 6.07) is 15.6. The SMILES string of the molecule is COc1ccc2[nH]c(C)c(CC(=O)NC(CCCCCC(C)=O)C(=O)NCC3CCN(Cc4ccccc4)C3)c2c1. The highest BCUT2D eigenvalue weighted by Gasteiger charge is 2.26. The summed E-state index contributed by atoms with van der Waals surface area (Å²) >= 11 is 0. The summed E-state index contributed by atoms with van der Waals surface area (Å²) in [6.07, 6.45) is 4.71. The molecule has 2 atom stereocenters. The highest BCUT2D eigenvalue weighted by Crippen LogP contribution is 2.27. The maximum absolute atomic E-state index is 13.3. The highest BCUT2D eigenvalue weighted by atomic mass is 16.5. The second-order valence-electron chi connectivity index (χ2n) is 11.4. The first-order chi connectivity index (χ1) is 19.8. The minimum absolute atomic E-state index is 0.135. The number of aromatic amines is 1. The van der Waals surface area contributed by atoms with Crippen molar-refractivity contribution < 1.29 is 19.1 Å². The molecule has 0 aliphatic carbocycles. The minimum Gasteiger partial charge on any atom is -0.497 e. The average molecular weight is 561 g/mol. The van der Waals surface area contributed by atoms with Gasteiger partial charge in [-0.2, -0.15) is 0 Å². The van der Waals surface area contributed by atoms with Gasteiger partial charge in [0.05, 0.1) is 13.5 Å². The Morgan fingerprint density at radius 2 is 1.90 bits per heavy atom. The molecule has 0 bridgehead atoms. The Balaban J connectivity index is 1.34. The number of carbonyl (C=O) groups is 3. The van der Waals surface area contributed by atoms with Gasteiger partial charge in [0.1, 0.15) is 17.6 Å². The highest BCUT2D eigenvalue weighted by molar-refractivity contribution is 5.93. The second-order valence-corrected chi connectivity index (χ2v) is 11.4. The Labute approximate surface area is 243 Å². The Hall–Kier alpha value is -3.65. The van der Waals surface area contributed by atoms with Crippen molar-refractivity contribution in [3.63, 3.8) is 0 Å². The predicted octanol–water partition coefficient (Wildman–Crippen LogP) is 4.69. The monoisotopic (exact) mass is 560 g/mol. The molecule has 220 valence electrons. The number of benzene rings is 2. The number of amides is 2. The molecule has 4 rings (SSSR count). The summed E-state index contributed by atoms with van der Waals surface area (Å²) in [7, 11) is 1.62. The minimum atomic E-state index is -0.610. The number of Topliss-reactive ketones (excluding diaryl/α,β-unsaturated/α-hetero) is 1. The molecule has 0 radical (unpaired) electrons. The number of fused-ring (bicyclic) bond motifs is 1. The first-order valence-electron chi connectivity index (χ1n) is 14.8. The number of carbonyl (C=O) groups excluding carboxylic acids is 3. The van der Waals surface area contributed by atoms with Crippen LogP contribution in [0.5, 0.6) is 5.75 Å². The van der Waals surface area contributed by atoms with Crippen LogP contribution in [0.3, 0.4) is 0 Å². The Bertz CT molecular complexity index is 1320. The summed E-state index contributed by atoms with van der Waals surface area (Å²) in [5.74, 6) is 0.976. The fraction of sp³-hybridized carbons (Fsp3) is 0.485. The third kappa shape index (κ3) is 8.92. The van der Waals surface area contributed by atoms with E-state index in [2.05, 4.69) is 44.8 Å². The summed E-state index contributed by atoms with van der Waals surface area (Å²) in [5, 5.41) is 7.10. The molecular weight excluding hydrogens is 516 g/mol. The van der Waals surface area contributed by atoms with E-state index in [-0.39, 0.29) is 24.0 Å². The van der Waals surface area contributed by atoms with Crippen LogP contribution in [0, 0.1) is 12.8 Å². The van der Waals surface area contributed by atoms with Gasteiger partial charge in [0, 0.05) is 42.7 Å². The quantitative estimate of drug-likeness (QED) is 0.234. The normalized spacial score (nSPS) is 16.0. The topological polar surface area (TPSA) is 104 Å². The third-order valence-electron chi connectivity index (χ3n) is 8.02. The fourth-order valence-electron chi connectivity index (χ4n) is 5.72. The number of likely N-dealkylation sites (tertiary alicyclic amines) is 1. The molecule has 1 aliphatic rings. The van der Waals surface area contributed by atoms with E-state index in [1.54, 1.807) is 14.0 Å². The lowest BCUT2D eigenvalue weighted by Crippen LogP contribution is -2.48. The molecule has 8 heteroatoms. The van der Waals surface area contributed by atoms with Gasteiger partial charge >= 0.3 is 0 Å². The lowest BCUT2D eigenvalue weighted by molar-refractivity contribution is -0.129. The van der Waals surface area contributed by atoms with Gasteiger partial charge in [0.2, 0.25) is 11.8 Å². The molecule has 1 fully saturated rings. The van der Waals surface area contributed by atoms with E-state index >= 15 is 0 Å². The number of unbranched alkanes of at least 4 members (excludes halogenated alkanes) is 2. The maximum atomic E-state index is 13.3. The van der Waals surface area contributed by atoms with E-state index in [1.165, 1.54) is 5.56 Å². The first-order valence-corrected chi connectivity index (χ1v) is 14.8. The Kier molecular flexibility index (Phi) is 11.0.